The maximum Gasteiger partial charge on any atom is 0.270 e. The predicted octanol–water partition coefficient (Wildman–Crippen LogP) is 1.27. The van der Waals surface area contributed by atoms with Gasteiger partial charge < -0.3 is 19.7 Å². The van der Waals surface area contributed by atoms with E-state index in [2.05, 4.69) is 20.2 Å². The highest BCUT2D eigenvalue weighted by atomic mass is 16.7. The molecule has 7 nitrogen and oxygen atoms in total. The van der Waals surface area contributed by atoms with Gasteiger partial charge in [0, 0.05) is 38.2 Å². The summed E-state index contributed by atoms with van der Waals surface area (Å²) in [7, 11) is 0. The van der Waals surface area contributed by atoms with E-state index in [0.717, 1.165) is 38.0 Å². The van der Waals surface area contributed by atoms with Crippen molar-refractivity contribution in [1.82, 2.24) is 15.3 Å². The van der Waals surface area contributed by atoms with Gasteiger partial charge in [-0.3, -0.25) is 4.79 Å². The molecule has 23 heavy (non-hydrogen) atoms. The van der Waals surface area contributed by atoms with E-state index in [-0.39, 0.29) is 5.91 Å². The Morgan fingerprint density at radius 3 is 2.65 bits per heavy atom. The van der Waals surface area contributed by atoms with Gasteiger partial charge >= 0.3 is 0 Å². The fourth-order valence-corrected chi connectivity index (χ4v) is 2.97. The first-order valence-corrected chi connectivity index (χ1v) is 8.29. The number of aromatic nitrogens is 2. The van der Waals surface area contributed by atoms with Gasteiger partial charge in [0.25, 0.3) is 5.91 Å². The summed E-state index contributed by atoms with van der Waals surface area (Å²) in [5, 5.41) is 2.86. The summed E-state index contributed by atoms with van der Waals surface area (Å²) in [4.78, 5) is 23.2. The van der Waals surface area contributed by atoms with Gasteiger partial charge in [0.05, 0.1) is 13.2 Å². The molecule has 0 unspecified atom stereocenters. The van der Waals surface area contributed by atoms with Gasteiger partial charge in [-0.2, -0.15) is 0 Å². The van der Waals surface area contributed by atoms with E-state index in [4.69, 9.17) is 9.47 Å². The molecule has 1 aromatic rings. The average Bonchev–Trinajstić information content (AvgIpc) is 3.01. The van der Waals surface area contributed by atoms with Crippen molar-refractivity contribution in [2.75, 3.05) is 37.7 Å². The normalized spacial score (nSPS) is 20.0. The van der Waals surface area contributed by atoms with Crippen LogP contribution in [-0.4, -0.2) is 54.5 Å². The molecule has 1 N–H and O–H groups in total. The Hall–Kier alpha value is -1.73. The summed E-state index contributed by atoms with van der Waals surface area (Å²) in [6.07, 6.45) is 2.49. The SMILES string of the molecule is CCCNC(=O)c1cc(C)nc(N2CCC3(CC2)OCCO3)n1. The second-order valence-corrected chi connectivity index (χ2v) is 6.05. The molecule has 1 spiro atoms. The highest BCUT2D eigenvalue weighted by Crippen LogP contribution is 2.32. The maximum absolute atomic E-state index is 12.1. The third-order valence-electron chi connectivity index (χ3n) is 4.23. The van der Waals surface area contributed by atoms with Crippen LogP contribution in [0.25, 0.3) is 0 Å². The lowest BCUT2D eigenvalue weighted by molar-refractivity contribution is -0.169. The molecule has 1 amide bonds. The van der Waals surface area contributed by atoms with Crippen LogP contribution in [0.15, 0.2) is 6.07 Å². The molecule has 0 atom stereocenters. The smallest absolute Gasteiger partial charge is 0.270 e. The molecule has 0 bridgehead atoms. The number of hydrogen-bond donors (Lipinski definition) is 1. The number of nitrogens with one attached hydrogen (secondary N) is 1. The van der Waals surface area contributed by atoms with Crippen molar-refractivity contribution in [3.8, 4) is 0 Å². The minimum atomic E-state index is -0.415. The van der Waals surface area contributed by atoms with Gasteiger partial charge in [0.15, 0.2) is 5.79 Å². The van der Waals surface area contributed by atoms with E-state index >= 15 is 0 Å². The average molecular weight is 320 g/mol. The monoisotopic (exact) mass is 320 g/mol. The predicted molar refractivity (Wildman–Crippen MR) is 85.5 cm³/mol. The van der Waals surface area contributed by atoms with Crippen LogP contribution in [0.4, 0.5) is 5.95 Å². The summed E-state index contributed by atoms with van der Waals surface area (Å²) in [6.45, 7) is 7.42. The molecular formula is C16H24N4O3. The molecule has 3 heterocycles. The second kappa shape index (κ2) is 6.80. The van der Waals surface area contributed by atoms with Crippen molar-refractivity contribution < 1.29 is 14.3 Å². The lowest BCUT2D eigenvalue weighted by Gasteiger charge is -2.37. The Kier molecular flexibility index (Phi) is 4.77. The third-order valence-corrected chi connectivity index (χ3v) is 4.23. The van der Waals surface area contributed by atoms with Crippen molar-refractivity contribution in [2.24, 2.45) is 0 Å². The molecule has 0 aliphatic carbocycles. The van der Waals surface area contributed by atoms with Gasteiger partial charge in [-0.25, -0.2) is 9.97 Å². The molecule has 2 fully saturated rings. The molecule has 126 valence electrons. The van der Waals surface area contributed by atoms with Crippen LogP contribution in [-0.2, 0) is 9.47 Å². The third kappa shape index (κ3) is 3.61. The number of piperidine rings is 1. The Labute approximate surface area is 136 Å². The fourth-order valence-electron chi connectivity index (χ4n) is 2.97. The van der Waals surface area contributed by atoms with Crippen LogP contribution in [0.2, 0.25) is 0 Å². The lowest BCUT2D eigenvalue weighted by Crippen LogP contribution is -2.45. The largest absolute Gasteiger partial charge is 0.351 e. The van der Waals surface area contributed by atoms with E-state index in [0.29, 0.717) is 31.4 Å². The maximum atomic E-state index is 12.1. The molecule has 1 aromatic heterocycles. The summed E-state index contributed by atoms with van der Waals surface area (Å²) in [5.74, 6) is 0.0517. The molecule has 0 aromatic carbocycles. The van der Waals surface area contributed by atoms with E-state index < -0.39 is 5.79 Å². The molecule has 7 heteroatoms. The Morgan fingerprint density at radius 1 is 1.30 bits per heavy atom. The van der Waals surface area contributed by atoms with Crippen LogP contribution in [0.3, 0.4) is 0 Å². The van der Waals surface area contributed by atoms with Gasteiger partial charge in [0.2, 0.25) is 5.95 Å². The summed E-state index contributed by atoms with van der Waals surface area (Å²) in [5.41, 5.74) is 1.22. The fraction of sp³-hybridized carbons (Fsp3) is 0.688. The molecular weight excluding hydrogens is 296 g/mol. The first kappa shape index (κ1) is 16.1. The van der Waals surface area contributed by atoms with Crippen molar-refractivity contribution >= 4 is 11.9 Å². The Morgan fingerprint density at radius 2 is 2.00 bits per heavy atom. The van der Waals surface area contributed by atoms with Crippen LogP contribution >= 0.6 is 0 Å². The van der Waals surface area contributed by atoms with Crippen LogP contribution in [0.1, 0.15) is 42.4 Å². The molecule has 2 saturated heterocycles. The van der Waals surface area contributed by atoms with Crippen molar-refractivity contribution in [3.05, 3.63) is 17.5 Å². The number of carbonyl (C=O) groups excluding carboxylic acids is 1. The van der Waals surface area contributed by atoms with Gasteiger partial charge in [0.1, 0.15) is 5.69 Å². The molecule has 0 radical (unpaired) electrons. The summed E-state index contributed by atoms with van der Waals surface area (Å²) >= 11 is 0. The molecule has 2 aliphatic rings. The summed E-state index contributed by atoms with van der Waals surface area (Å²) in [6, 6.07) is 1.73. The van der Waals surface area contributed by atoms with Crippen LogP contribution in [0, 0.1) is 6.92 Å². The van der Waals surface area contributed by atoms with Crippen molar-refractivity contribution in [1.29, 1.82) is 0 Å². The van der Waals surface area contributed by atoms with Gasteiger partial charge in [-0.15, -0.1) is 0 Å². The van der Waals surface area contributed by atoms with Crippen LogP contribution in [0.5, 0.6) is 0 Å². The number of anilines is 1. The first-order chi connectivity index (χ1) is 11.1. The zero-order chi connectivity index (χ0) is 16.3. The van der Waals surface area contributed by atoms with E-state index in [9.17, 15) is 4.79 Å². The summed E-state index contributed by atoms with van der Waals surface area (Å²) < 4.78 is 11.5. The number of aryl methyl sites for hydroxylation is 1. The van der Waals surface area contributed by atoms with E-state index in [1.54, 1.807) is 6.07 Å². The van der Waals surface area contributed by atoms with Crippen LogP contribution < -0.4 is 10.2 Å². The Bertz CT molecular complexity index is 562. The van der Waals surface area contributed by atoms with Crippen molar-refractivity contribution in [3.63, 3.8) is 0 Å². The number of ether oxygens (including phenoxy) is 2. The Balaban J connectivity index is 1.70. The number of nitrogens with zero attached hydrogens (tertiary/aromatic N) is 3. The second-order valence-electron chi connectivity index (χ2n) is 6.05. The van der Waals surface area contributed by atoms with Gasteiger partial charge in [-0.1, -0.05) is 6.92 Å². The topological polar surface area (TPSA) is 76.6 Å². The zero-order valence-electron chi connectivity index (χ0n) is 13.8. The highest BCUT2D eigenvalue weighted by Gasteiger charge is 2.40. The standard InChI is InChI=1S/C16H24N4O3/c1-3-6-17-14(21)13-11-12(2)18-15(19-13)20-7-4-16(5-8-20)22-9-10-23-16/h11H,3-10H2,1-2H3,(H,17,21). The highest BCUT2D eigenvalue weighted by molar-refractivity contribution is 5.92. The number of rotatable bonds is 4. The zero-order valence-corrected chi connectivity index (χ0v) is 13.8. The minimum Gasteiger partial charge on any atom is -0.351 e. The lowest BCUT2D eigenvalue weighted by atomic mass is 10.0. The molecule has 3 rings (SSSR count). The minimum absolute atomic E-state index is 0.144. The number of hydrogen-bond acceptors (Lipinski definition) is 6. The quantitative estimate of drug-likeness (QED) is 0.900. The first-order valence-electron chi connectivity index (χ1n) is 8.29. The van der Waals surface area contributed by atoms with E-state index in [1.165, 1.54) is 0 Å². The number of carbonyl (C=O) groups is 1. The van der Waals surface area contributed by atoms with E-state index in [1.807, 2.05) is 13.8 Å². The van der Waals surface area contributed by atoms with Crippen molar-refractivity contribution in [2.45, 2.75) is 38.9 Å². The molecule has 0 saturated carbocycles. The number of amides is 1. The molecule has 2 aliphatic heterocycles. The van der Waals surface area contributed by atoms with Gasteiger partial charge in [-0.05, 0) is 19.4 Å².